The van der Waals surface area contributed by atoms with Gasteiger partial charge in [0.15, 0.2) is 0 Å². The SMILES string of the molecule is Nc1ccccc1CCN1CCCCC1. The van der Waals surface area contributed by atoms with Gasteiger partial charge in [0.25, 0.3) is 0 Å². The lowest BCUT2D eigenvalue weighted by Gasteiger charge is -2.26. The standard InChI is InChI=1S/C13H20N2/c14-13-7-3-2-6-12(13)8-11-15-9-4-1-5-10-15/h2-3,6-7H,1,4-5,8-11,14H2. The highest BCUT2D eigenvalue weighted by Crippen LogP contribution is 2.14. The Morgan fingerprint density at radius 1 is 1.07 bits per heavy atom. The number of hydrogen-bond donors (Lipinski definition) is 1. The Balaban J connectivity index is 1.84. The molecule has 1 heterocycles. The van der Waals surface area contributed by atoms with E-state index in [-0.39, 0.29) is 0 Å². The van der Waals surface area contributed by atoms with Crippen molar-refractivity contribution in [2.45, 2.75) is 25.7 Å². The Morgan fingerprint density at radius 2 is 1.80 bits per heavy atom. The number of nitrogens with zero attached hydrogens (tertiary/aromatic N) is 1. The van der Waals surface area contributed by atoms with E-state index in [0.717, 1.165) is 18.7 Å². The summed E-state index contributed by atoms with van der Waals surface area (Å²) >= 11 is 0. The molecule has 1 saturated heterocycles. The monoisotopic (exact) mass is 204 g/mol. The predicted octanol–water partition coefficient (Wildman–Crippen LogP) is 2.30. The second-order valence-electron chi connectivity index (χ2n) is 4.35. The van der Waals surface area contributed by atoms with Crippen LogP contribution in [0.4, 0.5) is 5.69 Å². The Labute approximate surface area is 92.1 Å². The summed E-state index contributed by atoms with van der Waals surface area (Å²) in [5.74, 6) is 0. The zero-order valence-electron chi connectivity index (χ0n) is 9.28. The number of likely N-dealkylation sites (tertiary alicyclic amines) is 1. The van der Waals surface area contributed by atoms with Crippen molar-refractivity contribution in [3.8, 4) is 0 Å². The molecule has 1 fully saturated rings. The lowest BCUT2D eigenvalue weighted by molar-refractivity contribution is 0.231. The van der Waals surface area contributed by atoms with E-state index in [0.29, 0.717) is 0 Å². The van der Waals surface area contributed by atoms with Crippen molar-refractivity contribution >= 4 is 5.69 Å². The van der Waals surface area contributed by atoms with Crippen molar-refractivity contribution < 1.29 is 0 Å². The van der Waals surface area contributed by atoms with Crippen LogP contribution in [0.2, 0.25) is 0 Å². The summed E-state index contributed by atoms with van der Waals surface area (Å²) in [5.41, 5.74) is 8.15. The molecule has 0 radical (unpaired) electrons. The maximum atomic E-state index is 5.92. The van der Waals surface area contributed by atoms with Crippen LogP contribution in [0.5, 0.6) is 0 Å². The van der Waals surface area contributed by atoms with Crippen LogP contribution in [0.25, 0.3) is 0 Å². The van der Waals surface area contributed by atoms with Crippen molar-refractivity contribution in [2.75, 3.05) is 25.4 Å². The number of para-hydroxylation sites is 1. The molecule has 2 nitrogen and oxygen atoms in total. The van der Waals surface area contributed by atoms with Gasteiger partial charge in [-0.15, -0.1) is 0 Å². The molecule has 82 valence electrons. The molecule has 0 unspecified atom stereocenters. The number of anilines is 1. The molecule has 1 aromatic rings. The third kappa shape index (κ3) is 2.96. The van der Waals surface area contributed by atoms with Gasteiger partial charge in [0.2, 0.25) is 0 Å². The van der Waals surface area contributed by atoms with E-state index in [1.807, 2.05) is 12.1 Å². The second kappa shape index (κ2) is 5.17. The zero-order chi connectivity index (χ0) is 10.5. The van der Waals surface area contributed by atoms with E-state index < -0.39 is 0 Å². The molecule has 1 aliphatic heterocycles. The van der Waals surface area contributed by atoms with Gasteiger partial charge in [-0.25, -0.2) is 0 Å². The van der Waals surface area contributed by atoms with E-state index in [9.17, 15) is 0 Å². The molecule has 15 heavy (non-hydrogen) atoms. The first-order chi connectivity index (χ1) is 7.36. The minimum Gasteiger partial charge on any atom is -0.399 e. The largest absolute Gasteiger partial charge is 0.399 e. The van der Waals surface area contributed by atoms with Crippen molar-refractivity contribution in [3.05, 3.63) is 29.8 Å². The smallest absolute Gasteiger partial charge is 0.0347 e. The fourth-order valence-corrected chi connectivity index (χ4v) is 2.22. The van der Waals surface area contributed by atoms with Crippen molar-refractivity contribution in [2.24, 2.45) is 0 Å². The number of nitrogen functional groups attached to an aromatic ring is 1. The molecule has 1 aromatic carbocycles. The van der Waals surface area contributed by atoms with Crippen molar-refractivity contribution in [1.82, 2.24) is 4.90 Å². The van der Waals surface area contributed by atoms with Crippen LogP contribution in [-0.4, -0.2) is 24.5 Å². The van der Waals surface area contributed by atoms with Gasteiger partial charge in [-0.2, -0.15) is 0 Å². The van der Waals surface area contributed by atoms with E-state index in [1.165, 1.54) is 37.9 Å². The summed E-state index contributed by atoms with van der Waals surface area (Å²) in [6, 6.07) is 8.20. The lowest BCUT2D eigenvalue weighted by Crippen LogP contribution is -2.31. The molecular formula is C13H20N2. The van der Waals surface area contributed by atoms with Gasteiger partial charge in [0.05, 0.1) is 0 Å². The Kier molecular flexibility index (Phi) is 3.62. The highest BCUT2D eigenvalue weighted by atomic mass is 15.1. The molecule has 0 atom stereocenters. The van der Waals surface area contributed by atoms with Gasteiger partial charge in [0, 0.05) is 12.2 Å². The van der Waals surface area contributed by atoms with Gasteiger partial charge in [-0.05, 0) is 44.0 Å². The molecule has 0 spiro atoms. The van der Waals surface area contributed by atoms with Gasteiger partial charge in [0.1, 0.15) is 0 Å². The Hall–Kier alpha value is -1.02. The third-order valence-electron chi connectivity index (χ3n) is 3.20. The van der Waals surface area contributed by atoms with Crippen LogP contribution in [-0.2, 0) is 6.42 Å². The number of piperidine rings is 1. The maximum Gasteiger partial charge on any atom is 0.0347 e. The first-order valence-electron chi connectivity index (χ1n) is 5.92. The summed E-state index contributed by atoms with van der Waals surface area (Å²) < 4.78 is 0. The summed E-state index contributed by atoms with van der Waals surface area (Å²) in [6.45, 7) is 3.70. The van der Waals surface area contributed by atoms with Crippen LogP contribution < -0.4 is 5.73 Å². The van der Waals surface area contributed by atoms with Crippen LogP contribution in [0.3, 0.4) is 0 Å². The van der Waals surface area contributed by atoms with Crippen molar-refractivity contribution in [1.29, 1.82) is 0 Å². The Morgan fingerprint density at radius 3 is 2.53 bits per heavy atom. The molecule has 0 aromatic heterocycles. The van der Waals surface area contributed by atoms with Gasteiger partial charge >= 0.3 is 0 Å². The van der Waals surface area contributed by atoms with Gasteiger partial charge < -0.3 is 10.6 Å². The average molecular weight is 204 g/mol. The van der Waals surface area contributed by atoms with Crippen LogP contribution in [0, 0.1) is 0 Å². The normalized spacial score (nSPS) is 17.9. The molecule has 0 aliphatic carbocycles. The predicted molar refractivity (Wildman–Crippen MR) is 64.8 cm³/mol. The molecular weight excluding hydrogens is 184 g/mol. The first kappa shape index (κ1) is 10.5. The van der Waals surface area contributed by atoms with E-state index in [2.05, 4.69) is 17.0 Å². The van der Waals surface area contributed by atoms with Crippen molar-refractivity contribution in [3.63, 3.8) is 0 Å². The molecule has 0 saturated carbocycles. The van der Waals surface area contributed by atoms with Crippen LogP contribution >= 0.6 is 0 Å². The minimum atomic E-state index is 0.939. The maximum absolute atomic E-state index is 5.92. The summed E-state index contributed by atoms with van der Waals surface area (Å²) in [5, 5.41) is 0. The Bertz CT molecular complexity index is 303. The topological polar surface area (TPSA) is 29.3 Å². The summed E-state index contributed by atoms with van der Waals surface area (Å²) in [7, 11) is 0. The van der Waals surface area contributed by atoms with E-state index in [1.54, 1.807) is 0 Å². The molecule has 1 aliphatic rings. The summed E-state index contributed by atoms with van der Waals surface area (Å²) in [4.78, 5) is 2.55. The molecule has 2 rings (SSSR count). The highest BCUT2D eigenvalue weighted by molar-refractivity contribution is 5.46. The number of nitrogens with two attached hydrogens (primary N) is 1. The van der Waals surface area contributed by atoms with E-state index >= 15 is 0 Å². The number of rotatable bonds is 3. The molecule has 0 bridgehead atoms. The second-order valence-corrected chi connectivity index (χ2v) is 4.35. The first-order valence-corrected chi connectivity index (χ1v) is 5.92. The molecule has 2 N–H and O–H groups in total. The third-order valence-corrected chi connectivity index (χ3v) is 3.20. The quantitative estimate of drug-likeness (QED) is 0.765. The average Bonchev–Trinajstić information content (AvgIpc) is 2.29. The highest BCUT2D eigenvalue weighted by Gasteiger charge is 2.09. The fraction of sp³-hybridized carbons (Fsp3) is 0.538. The fourth-order valence-electron chi connectivity index (χ4n) is 2.22. The molecule has 0 amide bonds. The van der Waals surface area contributed by atoms with Gasteiger partial charge in [-0.1, -0.05) is 24.6 Å². The summed E-state index contributed by atoms with van der Waals surface area (Å²) in [6.07, 6.45) is 5.23. The van der Waals surface area contributed by atoms with Crippen LogP contribution in [0.1, 0.15) is 24.8 Å². The van der Waals surface area contributed by atoms with Crippen LogP contribution in [0.15, 0.2) is 24.3 Å². The minimum absolute atomic E-state index is 0.939. The number of benzene rings is 1. The number of hydrogen-bond acceptors (Lipinski definition) is 2. The molecule has 2 heteroatoms. The lowest BCUT2D eigenvalue weighted by atomic mass is 10.1. The van der Waals surface area contributed by atoms with Gasteiger partial charge in [-0.3, -0.25) is 0 Å². The zero-order valence-corrected chi connectivity index (χ0v) is 9.28. The van der Waals surface area contributed by atoms with E-state index in [4.69, 9.17) is 5.73 Å².